The maximum atomic E-state index is 12.8. The Balaban J connectivity index is 0.00000193. The molecule has 1 unspecified atom stereocenters. The van der Waals surface area contributed by atoms with Gasteiger partial charge in [-0.3, -0.25) is 19.5 Å². The molecule has 33 heavy (non-hydrogen) atoms. The number of aliphatic imine (C=N–C) groups is 1. The number of amidine groups is 1. The van der Waals surface area contributed by atoms with Gasteiger partial charge in [-0.25, -0.2) is 9.37 Å². The van der Waals surface area contributed by atoms with Crippen molar-refractivity contribution >= 4 is 54.6 Å². The Morgan fingerprint density at radius 2 is 1.73 bits per heavy atom. The first-order chi connectivity index (χ1) is 15.0. The number of carbonyl (C=O) groups excluding carboxylic acids is 2. The normalized spacial score (nSPS) is 20.6. The summed E-state index contributed by atoms with van der Waals surface area (Å²) >= 11 is 0. The van der Waals surface area contributed by atoms with Crippen LogP contribution in [0.3, 0.4) is 0 Å². The van der Waals surface area contributed by atoms with Gasteiger partial charge in [0.25, 0.3) is 24.1 Å². The fraction of sp³-hybridized carbons (Fsp3) is 0.545. The summed E-state index contributed by atoms with van der Waals surface area (Å²) in [6.45, 7) is 5.31. The molecule has 0 radical (unpaired) electrons. The summed E-state index contributed by atoms with van der Waals surface area (Å²) in [6.07, 6.45) is 3.35. The number of likely N-dealkylation sites (N-methyl/N-ethyl adjacent to an activating group) is 2. The smallest absolute Gasteiger partial charge is 0.333 e. The average Bonchev–Trinajstić information content (AvgIpc) is 3.19. The number of amides is 3. The lowest BCUT2D eigenvalue weighted by molar-refractivity contribution is -0.500. The molecule has 3 heterocycles. The minimum Gasteiger partial charge on any atom is -0.495 e. The van der Waals surface area contributed by atoms with Gasteiger partial charge >= 0.3 is 6.03 Å². The van der Waals surface area contributed by atoms with E-state index in [9.17, 15) is 9.59 Å². The fourth-order valence-corrected chi connectivity index (χ4v) is 4.46. The molecule has 0 aromatic heterocycles. The minimum absolute atomic E-state index is 0. The van der Waals surface area contributed by atoms with E-state index in [-0.39, 0.29) is 36.8 Å². The number of fused-ring (bicyclic) bond motifs is 1. The van der Waals surface area contributed by atoms with Crippen LogP contribution in [0.15, 0.2) is 29.3 Å². The number of ether oxygens (including phenoxy) is 1. The van der Waals surface area contributed by atoms with Crippen molar-refractivity contribution in [1.29, 1.82) is 0 Å². The zero-order valence-electron chi connectivity index (χ0n) is 19.3. The number of nitrogens with zero attached hydrogens (tertiary/aromatic N) is 6. The van der Waals surface area contributed by atoms with Gasteiger partial charge in [-0.2, -0.15) is 0 Å². The second kappa shape index (κ2) is 11.7. The van der Waals surface area contributed by atoms with Crippen molar-refractivity contribution in [2.45, 2.75) is 18.9 Å². The summed E-state index contributed by atoms with van der Waals surface area (Å²) < 4.78 is 7.25. The average molecular weight is 500 g/mol. The number of para-hydroxylation sites is 2. The van der Waals surface area contributed by atoms with Gasteiger partial charge in [0.15, 0.2) is 0 Å². The summed E-state index contributed by atoms with van der Waals surface area (Å²) in [6, 6.07) is 7.37. The van der Waals surface area contributed by atoms with E-state index in [1.165, 1.54) is 9.80 Å². The highest BCUT2D eigenvalue weighted by Gasteiger charge is 2.50. The monoisotopic (exact) mass is 499 g/mol. The Morgan fingerprint density at radius 3 is 2.42 bits per heavy atom. The standard InChI is InChI=1S/C22H31N6O3.2ClH/c1-24-16-23-20-19(24)21(29)28(22(30)25(20)2)11-7-6-10-26-12-14-27(15-13-26)17-8-4-5-9-18(17)31-3;;/h4-5,8-9,16,19H,6-7,10-15H2,1-3H3;2*1H/q+1;;. The molecule has 182 valence electrons. The topological polar surface area (TPSA) is 71.7 Å². The molecule has 9 nitrogen and oxygen atoms in total. The Morgan fingerprint density at radius 1 is 1.06 bits per heavy atom. The Kier molecular flexibility index (Phi) is 9.51. The molecule has 3 aliphatic heterocycles. The molecular weight excluding hydrogens is 467 g/mol. The first-order valence-corrected chi connectivity index (χ1v) is 10.8. The highest BCUT2D eigenvalue weighted by molar-refractivity contribution is 6.21. The van der Waals surface area contributed by atoms with Crippen LogP contribution in [0.4, 0.5) is 10.5 Å². The van der Waals surface area contributed by atoms with Crippen molar-refractivity contribution in [3.05, 3.63) is 24.3 Å². The lowest BCUT2D eigenvalue weighted by Crippen LogP contribution is -2.62. The van der Waals surface area contributed by atoms with Gasteiger partial charge in [-0.1, -0.05) is 12.1 Å². The van der Waals surface area contributed by atoms with Crippen LogP contribution in [0.5, 0.6) is 5.75 Å². The van der Waals surface area contributed by atoms with E-state index in [1.54, 1.807) is 25.1 Å². The number of anilines is 1. The van der Waals surface area contributed by atoms with E-state index in [4.69, 9.17) is 4.74 Å². The van der Waals surface area contributed by atoms with Gasteiger partial charge in [0, 0.05) is 39.8 Å². The van der Waals surface area contributed by atoms with Crippen LogP contribution in [-0.2, 0) is 4.79 Å². The Labute approximate surface area is 207 Å². The maximum Gasteiger partial charge on any atom is 0.333 e. The molecule has 4 rings (SSSR count). The zero-order valence-corrected chi connectivity index (χ0v) is 21.0. The van der Waals surface area contributed by atoms with Crippen LogP contribution in [-0.4, -0.2) is 110 Å². The maximum absolute atomic E-state index is 12.8. The molecule has 0 aliphatic carbocycles. The van der Waals surface area contributed by atoms with Gasteiger partial charge in [-0.15, -0.1) is 24.8 Å². The molecule has 2 fully saturated rings. The minimum atomic E-state index is -0.481. The third-order valence-electron chi connectivity index (χ3n) is 6.29. The Hall–Kier alpha value is -2.36. The van der Waals surface area contributed by atoms with Crippen molar-refractivity contribution in [2.24, 2.45) is 4.99 Å². The van der Waals surface area contributed by atoms with Gasteiger partial charge in [0.2, 0.25) is 0 Å². The molecule has 0 bridgehead atoms. The first kappa shape index (κ1) is 26.9. The summed E-state index contributed by atoms with van der Waals surface area (Å²) in [5, 5.41) is 0. The number of carbonyl (C=O) groups is 2. The molecule has 0 saturated carbocycles. The van der Waals surface area contributed by atoms with E-state index in [1.807, 2.05) is 25.2 Å². The molecule has 2 saturated heterocycles. The number of rotatable bonds is 7. The van der Waals surface area contributed by atoms with Crippen LogP contribution >= 0.6 is 24.8 Å². The molecule has 11 heteroatoms. The van der Waals surface area contributed by atoms with E-state index in [0.29, 0.717) is 12.4 Å². The fourth-order valence-electron chi connectivity index (χ4n) is 4.46. The first-order valence-electron chi connectivity index (χ1n) is 10.8. The van der Waals surface area contributed by atoms with Gasteiger partial charge < -0.3 is 9.64 Å². The summed E-state index contributed by atoms with van der Waals surface area (Å²) in [7, 11) is 5.20. The third-order valence-corrected chi connectivity index (χ3v) is 6.29. The van der Waals surface area contributed by atoms with Crippen LogP contribution < -0.4 is 9.64 Å². The largest absolute Gasteiger partial charge is 0.495 e. The number of imide groups is 1. The van der Waals surface area contributed by atoms with Gasteiger partial charge in [-0.05, 0) is 36.5 Å². The molecule has 3 aliphatic rings. The lowest BCUT2D eigenvalue weighted by Gasteiger charge is -2.37. The van der Waals surface area contributed by atoms with Gasteiger partial charge in [0.1, 0.15) is 5.75 Å². The number of halogens is 2. The summed E-state index contributed by atoms with van der Waals surface area (Å²) in [5.74, 6) is 1.25. The van der Waals surface area contributed by atoms with Crippen molar-refractivity contribution < 1.29 is 18.9 Å². The van der Waals surface area contributed by atoms with Crippen LogP contribution in [0.1, 0.15) is 12.8 Å². The van der Waals surface area contributed by atoms with E-state index in [0.717, 1.165) is 57.0 Å². The zero-order chi connectivity index (χ0) is 22.0. The SMILES string of the molecule is COc1ccccc1N1CCN(CCCCN2C(=O)C3C(=NC=[N+]3C)N(C)C2=O)CC1.Cl.Cl. The van der Waals surface area contributed by atoms with Crippen LogP contribution in [0.2, 0.25) is 0 Å². The van der Waals surface area contributed by atoms with E-state index < -0.39 is 6.04 Å². The number of benzene rings is 1. The van der Waals surface area contributed by atoms with E-state index >= 15 is 0 Å². The van der Waals surface area contributed by atoms with Crippen molar-refractivity contribution in [1.82, 2.24) is 14.7 Å². The predicted octanol–water partition coefficient (Wildman–Crippen LogP) is 1.79. The van der Waals surface area contributed by atoms with Crippen LogP contribution in [0.25, 0.3) is 0 Å². The molecular formula is C22H33Cl2N6O3+. The number of urea groups is 1. The molecule has 1 aromatic carbocycles. The number of methoxy groups -OCH3 is 1. The summed E-state index contributed by atoms with van der Waals surface area (Å²) in [4.78, 5) is 37.3. The predicted molar refractivity (Wildman–Crippen MR) is 134 cm³/mol. The van der Waals surface area contributed by atoms with Crippen molar-refractivity contribution in [2.75, 3.05) is 65.4 Å². The molecule has 1 aromatic rings. The molecule has 0 N–H and O–H groups in total. The van der Waals surface area contributed by atoms with Crippen LogP contribution in [0, 0.1) is 0 Å². The second-order valence-electron chi connectivity index (χ2n) is 8.21. The lowest BCUT2D eigenvalue weighted by atomic mass is 10.1. The number of piperazine rings is 1. The molecule has 3 amide bonds. The summed E-state index contributed by atoms with van der Waals surface area (Å²) in [5.41, 5.74) is 1.15. The van der Waals surface area contributed by atoms with E-state index in [2.05, 4.69) is 20.9 Å². The third kappa shape index (κ3) is 5.42. The second-order valence-corrected chi connectivity index (χ2v) is 8.21. The molecule has 1 atom stereocenters. The highest BCUT2D eigenvalue weighted by atomic mass is 35.5. The Bertz CT molecular complexity index is 917. The highest BCUT2D eigenvalue weighted by Crippen LogP contribution is 2.28. The number of unbranched alkanes of at least 4 members (excludes halogenated alkanes) is 1. The number of hydrogen-bond acceptors (Lipinski definition) is 6. The number of hydrogen-bond donors (Lipinski definition) is 0. The van der Waals surface area contributed by atoms with Crippen molar-refractivity contribution in [3.8, 4) is 5.75 Å². The quantitative estimate of drug-likeness (QED) is 0.422. The van der Waals surface area contributed by atoms with Crippen molar-refractivity contribution in [3.63, 3.8) is 0 Å². The van der Waals surface area contributed by atoms with Gasteiger partial charge in [0.05, 0.1) is 19.8 Å². The molecule has 0 spiro atoms.